The summed E-state index contributed by atoms with van der Waals surface area (Å²) in [6.45, 7) is 6.69. The summed E-state index contributed by atoms with van der Waals surface area (Å²) in [5.41, 5.74) is 3.34. The molecule has 5 nitrogen and oxygen atoms in total. The van der Waals surface area contributed by atoms with Crippen molar-refractivity contribution in [3.63, 3.8) is 0 Å². The van der Waals surface area contributed by atoms with Gasteiger partial charge >= 0.3 is 0 Å². The van der Waals surface area contributed by atoms with E-state index in [-0.39, 0.29) is 11.3 Å². The van der Waals surface area contributed by atoms with Crippen molar-refractivity contribution in [2.45, 2.75) is 32.9 Å². The van der Waals surface area contributed by atoms with Gasteiger partial charge in [0.15, 0.2) is 0 Å². The third-order valence-electron chi connectivity index (χ3n) is 5.24. The lowest BCUT2D eigenvalue weighted by atomic mass is 9.99. The van der Waals surface area contributed by atoms with Crippen molar-refractivity contribution >= 4 is 39.8 Å². The van der Waals surface area contributed by atoms with Crippen LogP contribution in [0.5, 0.6) is 5.75 Å². The third-order valence-corrected chi connectivity index (χ3v) is 5.73. The van der Waals surface area contributed by atoms with Gasteiger partial charge in [0.1, 0.15) is 5.75 Å². The number of rotatable bonds is 4. The lowest BCUT2D eigenvalue weighted by Crippen LogP contribution is -2.35. The number of phenolic OH excluding ortho intramolecular Hbond substituents is 1. The Morgan fingerprint density at radius 2 is 1.64 bits per heavy atom. The second-order valence-electron chi connectivity index (χ2n) is 8.93. The molecule has 0 bridgehead atoms. The van der Waals surface area contributed by atoms with Crippen LogP contribution in [-0.4, -0.2) is 20.6 Å². The Morgan fingerprint density at radius 3 is 2.33 bits per heavy atom. The van der Waals surface area contributed by atoms with Crippen LogP contribution in [0.15, 0.2) is 71.9 Å². The zero-order valence-electron chi connectivity index (χ0n) is 18.6. The van der Waals surface area contributed by atoms with Gasteiger partial charge in [-0.3, -0.25) is 0 Å². The van der Waals surface area contributed by atoms with Crippen LogP contribution in [0.2, 0.25) is 10.0 Å². The number of fused-ring (bicyclic) bond motifs is 1. The predicted octanol–water partition coefficient (Wildman–Crippen LogP) is 6.68. The van der Waals surface area contributed by atoms with Crippen molar-refractivity contribution in [2.24, 2.45) is 4.99 Å². The Balaban J connectivity index is 1.91. The minimum absolute atomic E-state index is 0.121. The van der Waals surface area contributed by atoms with Gasteiger partial charge in [-0.05, 0) is 74.9 Å². The molecule has 3 N–H and O–H groups in total. The Hall–Kier alpha value is -2.99. The van der Waals surface area contributed by atoms with E-state index in [1.807, 2.05) is 30.3 Å². The van der Waals surface area contributed by atoms with E-state index in [4.69, 9.17) is 28.2 Å². The fraction of sp³-hybridized carbons (Fsp3) is 0.192. The van der Waals surface area contributed by atoms with Crippen molar-refractivity contribution in [1.82, 2.24) is 10.0 Å². The van der Waals surface area contributed by atoms with E-state index in [1.54, 1.807) is 30.3 Å². The molecular formula is C26H25Cl2N3O2. The number of nitrogens with zero attached hydrogens (tertiary/aromatic N) is 2. The molecule has 0 aliphatic rings. The maximum absolute atomic E-state index is 11.1. The van der Waals surface area contributed by atoms with Crippen molar-refractivity contribution in [2.75, 3.05) is 0 Å². The Labute approximate surface area is 202 Å². The summed E-state index contributed by atoms with van der Waals surface area (Å²) in [5.74, 6) is 0.200. The molecule has 3 aromatic carbocycles. The maximum Gasteiger partial charge on any atom is 0.128 e. The van der Waals surface area contributed by atoms with Crippen LogP contribution >= 0.6 is 23.2 Å². The quantitative estimate of drug-likeness (QED) is 0.284. The molecule has 0 spiro atoms. The first-order valence-electron chi connectivity index (χ1n) is 10.5. The lowest BCUT2D eigenvalue weighted by Gasteiger charge is -2.21. The average molecular weight is 482 g/mol. The number of pyridine rings is 1. The molecule has 1 heterocycles. The second-order valence-corrected chi connectivity index (χ2v) is 9.80. The van der Waals surface area contributed by atoms with Crippen LogP contribution in [-0.2, 0) is 6.54 Å². The summed E-state index contributed by atoms with van der Waals surface area (Å²) >= 11 is 12.2. The highest BCUT2D eigenvalue weighted by Crippen LogP contribution is 2.37. The smallest absolute Gasteiger partial charge is 0.128 e. The van der Waals surface area contributed by atoms with Crippen LogP contribution in [0.25, 0.3) is 22.0 Å². The van der Waals surface area contributed by atoms with Gasteiger partial charge in [0, 0.05) is 44.8 Å². The number of hydrogen-bond donors (Lipinski definition) is 3. The summed E-state index contributed by atoms with van der Waals surface area (Å²) in [6, 6.07) is 18.1. The number of phenols is 1. The molecule has 1 aromatic heterocycles. The zero-order valence-corrected chi connectivity index (χ0v) is 20.1. The summed E-state index contributed by atoms with van der Waals surface area (Å²) in [5, 5.41) is 27.3. The molecule has 0 radical (unpaired) electrons. The minimum atomic E-state index is -0.121. The molecule has 7 heteroatoms. The number of benzene rings is 3. The van der Waals surface area contributed by atoms with Crippen molar-refractivity contribution in [1.29, 1.82) is 0 Å². The molecule has 0 saturated carbocycles. The van der Waals surface area contributed by atoms with Gasteiger partial charge in [-0.25, -0.2) is 4.99 Å². The highest BCUT2D eigenvalue weighted by atomic mass is 35.5. The standard InChI is InChI=1S/C26H25Cl2N3O2/c1-26(2,3)29-15-17-12-20(14-22(25(17)32)16-4-6-18(27)7-5-16)30-23-10-11-31(33)24-13-19(28)8-9-21(23)24/h4-14,29,32-33H,15H2,1-3H3. The molecule has 4 rings (SSSR count). The molecule has 170 valence electrons. The van der Waals surface area contributed by atoms with E-state index in [9.17, 15) is 10.3 Å². The second kappa shape index (κ2) is 9.10. The molecule has 0 atom stereocenters. The van der Waals surface area contributed by atoms with E-state index < -0.39 is 0 Å². The normalized spacial score (nSPS) is 12.5. The van der Waals surface area contributed by atoms with Gasteiger partial charge in [-0.2, -0.15) is 4.73 Å². The zero-order chi connectivity index (χ0) is 23.8. The first-order chi connectivity index (χ1) is 15.6. The monoisotopic (exact) mass is 481 g/mol. The number of aromatic nitrogens is 1. The summed E-state index contributed by atoms with van der Waals surface area (Å²) < 4.78 is 1.02. The number of nitrogens with one attached hydrogen (secondary N) is 1. The molecule has 0 aliphatic carbocycles. The average Bonchev–Trinajstić information content (AvgIpc) is 2.76. The summed E-state index contributed by atoms with van der Waals surface area (Å²) in [4.78, 5) is 4.86. The van der Waals surface area contributed by atoms with Crippen molar-refractivity contribution in [3.05, 3.63) is 87.8 Å². The molecule has 0 unspecified atom stereocenters. The van der Waals surface area contributed by atoms with Crippen LogP contribution < -0.4 is 10.7 Å². The van der Waals surface area contributed by atoms with Gasteiger partial charge in [0.05, 0.1) is 16.6 Å². The first kappa shape index (κ1) is 23.2. The highest BCUT2D eigenvalue weighted by molar-refractivity contribution is 6.31. The highest BCUT2D eigenvalue weighted by Gasteiger charge is 2.15. The molecule has 0 aliphatic heterocycles. The van der Waals surface area contributed by atoms with Gasteiger partial charge in [0.2, 0.25) is 0 Å². The lowest BCUT2D eigenvalue weighted by molar-refractivity contribution is 0.198. The van der Waals surface area contributed by atoms with Gasteiger partial charge in [0.25, 0.3) is 0 Å². The van der Waals surface area contributed by atoms with E-state index >= 15 is 0 Å². The summed E-state index contributed by atoms with van der Waals surface area (Å²) in [6.07, 6.45) is 1.53. The minimum Gasteiger partial charge on any atom is -0.507 e. The molecule has 0 saturated heterocycles. The first-order valence-corrected chi connectivity index (χ1v) is 11.3. The number of hydrogen-bond acceptors (Lipinski definition) is 4. The summed E-state index contributed by atoms with van der Waals surface area (Å²) in [7, 11) is 0. The topological polar surface area (TPSA) is 69.8 Å². The van der Waals surface area contributed by atoms with Crippen molar-refractivity contribution < 1.29 is 10.3 Å². The van der Waals surface area contributed by atoms with E-state index in [0.717, 1.165) is 21.2 Å². The van der Waals surface area contributed by atoms with Gasteiger partial charge in [-0.15, -0.1) is 0 Å². The van der Waals surface area contributed by atoms with Gasteiger partial charge < -0.3 is 15.6 Å². The van der Waals surface area contributed by atoms with Crippen LogP contribution in [0.4, 0.5) is 5.69 Å². The van der Waals surface area contributed by atoms with Crippen LogP contribution in [0.1, 0.15) is 26.3 Å². The number of aromatic hydroxyl groups is 1. The maximum atomic E-state index is 11.1. The SMILES string of the molecule is CC(C)(C)NCc1cc(N=c2ccn(O)c3cc(Cl)ccc23)cc(-c2ccc(Cl)cc2)c1O. The molecule has 0 fully saturated rings. The van der Waals surface area contributed by atoms with E-state index in [0.29, 0.717) is 38.7 Å². The third kappa shape index (κ3) is 5.33. The Morgan fingerprint density at radius 1 is 0.939 bits per heavy atom. The van der Waals surface area contributed by atoms with E-state index in [2.05, 4.69) is 26.1 Å². The molecule has 0 amide bonds. The van der Waals surface area contributed by atoms with Gasteiger partial charge in [-0.1, -0.05) is 35.3 Å². The Bertz CT molecular complexity index is 1390. The van der Waals surface area contributed by atoms with Crippen LogP contribution in [0.3, 0.4) is 0 Å². The molecular weight excluding hydrogens is 457 g/mol. The van der Waals surface area contributed by atoms with Crippen LogP contribution in [0, 0.1) is 0 Å². The fourth-order valence-corrected chi connectivity index (χ4v) is 3.84. The van der Waals surface area contributed by atoms with E-state index in [1.165, 1.54) is 6.20 Å². The molecule has 4 aromatic rings. The predicted molar refractivity (Wildman–Crippen MR) is 135 cm³/mol. The molecule has 33 heavy (non-hydrogen) atoms. The fourth-order valence-electron chi connectivity index (χ4n) is 3.55. The largest absolute Gasteiger partial charge is 0.507 e. The van der Waals surface area contributed by atoms with Crippen molar-refractivity contribution in [3.8, 4) is 16.9 Å². The number of halogens is 2. The Kier molecular flexibility index (Phi) is 6.39.